The summed E-state index contributed by atoms with van der Waals surface area (Å²) in [6, 6.07) is 5.87. The fraction of sp³-hybridized carbons (Fsp3) is 0.562. The lowest BCUT2D eigenvalue weighted by Crippen LogP contribution is -2.31. The summed E-state index contributed by atoms with van der Waals surface area (Å²) in [7, 11) is 2.09. The molecule has 0 radical (unpaired) electrons. The topological polar surface area (TPSA) is 72.4 Å². The van der Waals surface area contributed by atoms with Crippen molar-refractivity contribution in [3.8, 4) is 0 Å². The third-order valence-corrected chi connectivity index (χ3v) is 3.77. The Kier molecular flexibility index (Phi) is 6.17. The van der Waals surface area contributed by atoms with Gasteiger partial charge >= 0.3 is 0 Å². The summed E-state index contributed by atoms with van der Waals surface area (Å²) in [6.07, 6.45) is 0.993. The highest BCUT2D eigenvalue weighted by Gasteiger charge is 2.10. The van der Waals surface area contributed by atoms with Crippen molar-refractivity contribution in [1.29, 1.82) is 0 Å². The lowest BCUT2D eigenvalue weighted by molar-refractivity contribution is 0.1000. The van der Waals surface area contributed by atoms with E-state index < -0.39 is 0 Å². The summed E-state index contributed by atoms with van der Waals surface area (Å²) in [5, 5.41) is 0. The second-order valence-corrected chi connectivity index (χ2v) is 5.94. The Morgan fingerprint density at radius 2 is 2.00 bits per heavy atom. The molecule has 0 fully saturated rings. The number of hydrogen-bond donors (Lipinski definition) is 2. The van der Waals surface area contributed by atoms with Crippen LogP contribution in [0.5, 0.6) is 0 Å². The van der Waals surface area contributed by atoms with Crippen LogP contribution < -0.4 is 11.5 Å². The summed E-state index contributed by atoms with van der Waals surface area (Å²) in [5.41, 5.74) is 14.2. The van der Waals surface area contributed by atoms with Gasteiger partial charge in [0.15, 0.2) is 0 Å². The summed E-state index contributed by atoms with van der Waals surface area (Å²) in [4.78, 5) is 13.4. The maximum Gasteiger partial charge on any atom is 0.248 e. The van der Waals surface area contributed by atoms with Gasteiger partial charge in [0.2, 0.25) is 5.91 Å². The number of nitrogens with two attached hydrogens (primary N) is 2. The number of rotatable bonds is 7. The normalized spacial score (nSPS) is 12.9. The predicted octanol–water partition coefficient (Wildman–Crippen LogP) is 1.90. The van der Waals surface area contributed by atoms with Crippen LogP contribution in [0, 0.1) is 12.8 Å². The smallest absolute Gasteiger partial charge is 0.248 e. The van der Waals surface area contributed by atoms with Crippen LogP contribution in [0.1, 0.15) is 41.8 Å². The molecule has 0 bridgehead atoms. The summed E-state index contributed by atoms with van der Waals surface area (Å²) in [6.45, 7) is 8.14. The van der Waals surface area contributed by atoms with E-state index in [1.807, 2.05) is 19.1 Å². The van der Waals surface area contributed by atoms with E-state index in [9.17, 15) is 4.79 Å². The molecule has 0 heterocycles. The van der Waals surface area contributed by atoms with E-state index in [-0.39, 0.29) is 11.9 Å². The molecule has 1 atom stereocenters. The molecule has 4 nitrogen and oxygen atoms in total. The average Bonchev–Trinajstić information content (AvgIpc) is 2.37. The second-order valence-electron chi connectivity index (χ2n) is 5.94. The SMILES string of the molecule is Cc1cc(C(N)=O)ccc1CN(C)CCC(N)C(C)C. The van der Waals surface area contributed by atoms with Gasteiger partial charge in [0, 0.05) is 18.2 Å². The fourth-order valence-electron chi connectivity index (χ4n) is 2.10. The molecule has 112 valence electrons. The molecule has 0 saturated carbocycles. The number of amides is 1. The molecular formula is C16H27N3O. The molecule has 0 aliphatic carbocycles. The highest BCUT2D eigenvalue weighted by molar-refractivity contribution is 5.93. The number of hydrogen-bond acceptors (Lipinski definition) is 3. The van der Waals surface area contributed by atoms with E-state index in [1.54, 1.807) is 6.07 Å². The van der Waals surface area contributed by atoms with Crippen LogP contribution >= 0.6 is 0 Å². The average molecular weight is 277 g/mol. The summed E-state index contributed by atoms with van der Waals surface area (Å²) < 4.78 is 0. The first-order valence-corrected chi connectivity index (χ1v) is 7.14. The highest BCUT2D eigenvalue weighted by atomic mass is 16.1. The van der Waals surface area contributed by atoms with E-state index >= 15 is 0 Å². The number of carbonyl (C=O) groups excluding carboxylic acids is 1. The van der Waals surface area contributed by atoms with Gasteiger partial charge in [-0.05, 0) is 56.1 Å². The molecule has 0 saturated heterocycles. The third-order valence-electron chi connectivity index (χ3n) is 3.77. The van der Waals surface area contributed by atoms with Crippen LogP contribution in [-0.2, 0) is 6.54 Å². The minimum atomic E-state index is -0.379. The summed E-state index contributed by atoms with van der Waals surface area (Å²) >= 11 is 0. The van der Waals surface area contributed by atoms with Crippen molar-refractivity contribution in [2.45, 2.75) is 39.8 Å². The van der Waals surface area contributed by atoms with Crippen LogP contribution in [0.2, 0.25) is 0 Å². The molecule has 1 amide bonds. The molecule has 0 spiro atoms. The molecule has 0 aromatic heterocycles. The predicted molar refractivity (Wildman–Crippen MR) is 83.5 cm³/mol. The van der Waals surface area contributed by atoms with Crippen molar-refractivity contribution >= 4 is 5.91 Å². The Labute approximate surface area is 122 Å². The van der Waals surface area contributed by atoms with Crippen LogP contribution in [0.4, 0.5) is 0 Å². The van der Waals surface area contributed by atoms with E-state index in [0.29, 0.717) is 11.5 Å². The number of nitrogens with zero attached hydrogens (tertiary/aromatic N) is 1. The van der Waals surface area contributed by atoms with Gasteiger partial charge in [-0.25, -0.2) is 0 Å². The number of carbonyl (C=O) groups is 1. The van der Waals surface area contributed by atoms with Gasteiger partial charge in [-0.1, -0.05) is 19.9 Å². The Hall–Kier alpha value is -1.39. The largest absolute Gasteiger partial charge is 0.366 e. The van der Waals surface area contributed by atoms with Gasteiger partial charge in [0.05, 0.1) is 0 Å². The maximum absolute atomic E-state index is 11.1. The number of primary amides is 1. The lowest BCUT2D eigenvalue weighted by atomic mass is 10.0. The van der Waals surface area contributed by atoms with Crippen molar-refractivity contribution in [2.24, 2.45) is 17.4 Å². The summed E-state index contributed by atoms with van der Waals surface area (Å²) in [5.74, 6) is 0.135. The Balaban J connectivity index is 2.58. The van der Waals surface area contributed by atoms with Gasteiger partial charge in [-0.2, -0.15) is 0 Å². The fourth-order valence-corrected chi connectivity index (χ4v) is 2.10. The lowest BCUT2D eigenvalue weighted by Gasteiger charge is -2.22. The monoisotopic (exact) mass is 277 g/mol. The van der Waals surface area contributed by atoms with Gasteiger partial charge in [0.1, 0.15) is 0 Å². The van der Waals surface area contributed by atoms with Crippen LogP contribution in [0.25, 0.3) is 0 Å². The standard InChI is InChI=1S/C16H27N3O/c1-11(2)15(17)7-8-19(4)10-14-6-5-13(16(18)20)9-12(14)3/h5-6,9,11,15H,7-8,10,17H2,1-4H3,(H2,18,20). The molecule has 4 N–H and O–H groups in total. The van der Waals surface area contributed by atoms with Crippen molar-refractivity contribution in [1.82, 2.24) is 4.90 Å². The zero-order valence-corrected chi connectivity index (χ0v) is 13.0. The first-order valence-electron chi connectivity index (χ1n) is 7.14. The van der Waals surface area contributed by atoms with Crippen LogP contribution in [0.15, 0.2) is 18.2 Å². The Morgan fingerprint density at radius 1 is 1.35 bits per heavy atom. The van der Waals surface area contributed by atoms with Crippen molar-refractivity contribution in [2.75, 3.05) is 13.6 Å². The zero-order valence-electron chi connectivity index (χ0n) is 13.0. The molecule has 20 heavy (non-hydrogen) atoms. The minimum absolute atomic E-state index is 0.246. The van der Waals surface area contributed by atoms with Gasteiger partial charge < -0.3 is 16.4 Å². The maximum atomic E-state index is 11.1. The van der Waals surface area contributed by atoms with Gasteiger partial charge in [-0.15, -0.1) is 0 Å². The molecule has 1 unspecified atom stereocenters. The van der Waals surface area contributed by atoms with Gasteiger partial charge in [-0.3, -0.25) is 4.79 Å². The van der Waals surface area contributed by atoms with Gasteiger partial charge in [0.25, 0.3) is 0 Å². The second kappa shape index (κ2) is 7.41. The quantitative estimate of drug-likeness (QED) is 0.799. The molecule has 1 aromatic rings. The molecule has 1 aromatic carbocycles. The first kappa shape index (κ1) is 16.7. The van der Waals surface area contributed by atoms with E-state index in [2.05, 4.69) is 25.8 Å². The van der Waals surface area contributed by atoms with E-state index in [4.69, 9.17) is 11.5 Å². The number of benzene rings is 1. The van der Waals surface area contributed by atoms with E-state index in [1.165, 1.54) is 5.56 Å². The van der Waals surface area contributed by atoms with Crippen molar-refractivity contribution in [3.05, 3.63) is 34.9 Å². The molecule has 4 heteroatoms. The first-order chi connectivity index (χ1) is 9.31. The minimum Gasteiger partial charge on any atom is -0.366 e. The molecule has 1 rings (SSSR count). The zero-order chi connectivity index (χ0) is 15.3. The Bertz CT molecular complexity index is 457. The number of aryl methyl sites for hydroxylation is 1. The molecule has 0 aliphatic rings. The van der Waals surface area contributed by atoms with Crippen molar-refractivity contribution < 1.29 is 4.79 Å². The highest BCUT2D eigenvalue weighted by Crippen LogP contribution is 2.13. The third kappa shape index (κ3) is 4.94. The molecular weight excluding hydrogens is 250 g/mol. The van der Waals surface area contributed by atoms with Crippen molar-refractivity contribution in [3.63, 3.8) is 0 Å². The van der Waals surface area contributed by atoms with E-state index in [0.717, 1.165) is 25.1 Å². The van der Waals surface area contributed by atoms with Crippen LogP contribution in [0.3, 0.4) is 0 Å². The Morgan fingerprint density at radius 3 is 2.50 bits per heavy atom. The van der Waals surface area contributed by atoms with Crippen LogP contribution in [-0.4, -0.2) is 30.4 Å². The molecule has 0 aliphatic heterocycles.